The lowest BCUT2D eigenvalue weighted by Gasteiger charge is -2.28. The monoisotopic (exact) mass is 459 g/mol. The number of fused-ring (bicyclic) bond motifs is 1. The van der Waals surface area contributed by atoms with E-state index in [-0.39, 0.29) is 11.7 Å². The number of nitrogens with zero attached hydrogens (tertiary/aromatic N) is 3. The Morgan fingerprint density at radius 2 is 1.73 bits per heavy atom. The van der Waals surface area contributed by atoms with E-state index in [9.17, 15) is 9.18 Å². The van der Waals surface area contributed by atoms with E-state index in [1.165, 1.54) is 12.1 Å². The van der Waals surface area contributed by atoms with E-state index in [1.54, 1.807) is 22.9 Å². The van der Waals surface area contributed by atoms with E-state index in [4.69, 9.17) is 11.6 Å². The van der Waals surface area contributed by atoms with Gasteiger partial charge in [-0.25, -0.2) is 9.07 Å². The topological polar surface area (TPSA) is 71.8 Å². The standard InChI is InChI=1S/C25H19ClFN5O/c1-15-21(24(33)29-18-7-3-2-4-8-18)22(16-11-13-17(27)14-12-16)32-25(28-15)30-23(31-32)19-9-5-6-10-20(19)26/h2-14,22H,1H3,(H,29,33)(H,28,30,31). The zero-order valence-corrected chi connectivity index (χ0v) is 18.3. The maximum atomic E-state index is 13.7. The maximum absolute atomic E-state index is 13.7. The molecule has 5 rings (SSSR count). The Balaban J connectivity index is 1.62. The average Bonchev–Trinajstić information content (AvgIpc) is 3.23. The third kappa shape index (κ3) is 3.99. The van der Waals surface area contributed by atoms with Crippen molar-refractivity contribution in [2.75, 3.05) is 10.6 Å². The minimum absolute atomic E-state index is 0.291. The van der Waals surface area contributed by atoms with Crippen LogP contribution in [0.15, 0.2) is 90.1 Å². The molecule has 1 amide bonds. The van der Waals surface area contributed by atoms with Gasteiger partial charge in [0.2, 0.25) is 5.95 Å². The van der Waals surface area contributed by atoms with Crippen molar-refractivity contribution < 1.29 is 9.18 Å². The van der Waals surface area contributed by atoms with Crippen LogP contribution >= 0.6 is 11.6 Å². The number of hydrogen-bond acceptors (Lipinski definition) is 4. The summed E-state index contributed by atoms with van der Waals surface area (Å²) in [4.78, 5) is 18.0. The summed E-state index contributed by atoms with van der Waals surface area (Å²) in [5.74, 6) is 0.237. The molecule has 6 nitrogen and oxygen atoms in total. The highest BCUT2D eigenvalue weighted by Gasteiger charge is 2.34. The number of anilines is 2. The molecule has 2 heterocycles. The van der Waals surface area contributed by atoms with Gasteiger partial charge in [-0.15, -0.1) is 5.10 Å². The molecule has 0 bridgehead atoms. The average molecular weight is 460 g/mol. The highest BCUT2D eigenvalue weighted by atomic mass is 35.5. The summed E-state index contributed by atoms with van der Waals surface area (Å²) in [7, 11) is 0. The van der Waals surface area contributed by atoms with Gasteiger partial charge in [0.1, 0.15) is 11.9 Å². The van der Waals surface area contributed by atoms with Crippen LogP contribution in [-0.2, 0) is 4.79 Å². The molecular weight excluding hydrogens is 441 g/mol. The second-order valence-electron chi connectivity index (χ2n) is 7.62. The number of rotatable bonds is 4. The van der Waals surface area contributed by atoms with Gasteiger partial charge in [0.05, 0.1) is 10.6 Å². The first kappa shape index (κ1) is 20.9. The summed E-state index contributed by atoms with van der Waals surface area (Å²) in [6.45, 7) is 1.81. The molecule has 164 valence electrons. The highest BCUT2D eigenvalue weighted by molar-refractivity contribution is 6.33. The Labute approximate surface area is 194 Å². The van der Waals surface area contributed by atoms with Gasteiger partial charge >= 0.3 is 0 Å². The largest absolute Gasteiger partial charge is 0.328 e. The summed E-state index contributed by atoms with van der Waals surface area (Å²) < 4.78 is 15.3. The number of amides is 1. The van der Waals surface area contributed by atoms with E-state index >= 15 is 0 Å². The number of allylic oxidation sites excluding steroid dienone is 1. The fourth-order valence-electron chi connectivity index (χ4n) is 3.87. The highest BCUT2D eigenvalue weighted by Crippen LogP contribution is 2.37. The molecule has 2 N–H and O–H groups in total. The fourth-order valence-corrected chi connectivity index (χ4v) is 4.10. The predicted molar refractivity (Wildman–Crippen MR) is 126 cm³/mol. The summed E-state index contributed by atoms with van der Waals surface area (Å²) in [5.41, 5.74) is 3.12. The zero-order valence-electron chi connectivity index (χ0n) is 17.6. The van der Waals surface area contributed by atoms with Crippen LogP contribution in [0.4, 0.5) is 16.0 Å². The van der Waals surface area contributed by atoms with Gasteiger partial charge in [0, 0.05) is 16.9 Å². The number of halogens is 2. The Morgan fingerprint density at radius 3 is 2.45 bits per heavy atom. The van der Waals surface area contributed by atoms with Gasteiger partial charge in [-0.2, -0.15) is 4.98 Å². The van der Waals surface area contributed by atoms with Crippen LogP contribution in [0.2, 0.25) is 5.02 Å². The number of carbonyl (C=O) groups excluding carboxylic acids is 1. The lowest BCUT2D eigenvalue weighted by Crippen LogP contribution is -2.31. The SMILES string of the molecule is CC1=C(C(=O)Nc2ccccc2)C(c2ccc(F)cc2)n2nc(-c3ccccc3Cl)nc2N1. The number of hydrogen-bond donors (Lipinski definition) is 2. The van der Waals surface area contributed by atoms with Gasteiger partial charge in [0.25, 0.3) is 5.91 Å². The number of nitrogens with one attached hydrogen (secondary N) is 2. The molecule has 3 aromatic carbocycles. The van der Waals surface area contributed by atoms with Crippen LogP contribution in [0.25, 0.3) is 11.4 Å². The minimum Gasteiger partial charge on any atom is -0.328 e. The number of para-hydroxylation sites is 1. The van der Waals surface area contributed by atoms with Crippen LogP contribution in [-0.4, -0.2) is 20.7 Å². The van der Waals surface area contributed by atoms with Crippen molar-refractivity contribution in [2.24, 2.45) is 0 Å². The first-order valence-electron chi connectivity index (χ1n) is 10.3. The van der Waals surface area contributed by atoms with Crippen LogP contribution < -0.4 is 10.6 Å². The molecule has 0 spiro atoms. The van der Waals surface area contributed by atoms with Gasteiger partial charge < -0.3 is 10.6 Å². The molecule has 8 heteroatoms. The zero-order chi connectivity index (χ0) is 22.9. The van der Waals surface area contributed by atoms with Gasteiger partial charge in [-0.1, -0.05) is 54.1 Å². The molecule has 1 aliphatic heterocycles. The molecule has 1 aliphatic rings. The van der Waals surface area contributed by atoms with E-state index in [0.717, 1.165) is 0 Å². The lowest BCUT2D eigenvalue weighted by molar-refractivity contribution is -0.113. The molecule has 33 heavy (non-hydrogen) atoms. The first-order chi connectivity index (χ1) is 16.0. The second kappa shape index (κ2) is 8.52. The quantitative estimate of drug-likeness (QED) is 0.412. The predicted octanol–water partition coefficient (Wildman–Crippen LogP) is 5.67. The van der Waals surface area contributed by atoms with Crippen LogP contribution in [0, 0.1) is 5.82 Å². The molecule has 0 aliphatic carbocycles. The fraction of sp³-hybridized carbons (Fsp3) is 0.0800. The molecular formula is C25H19ClFN5O. The van der Waals surface area contributed by atoms with Crippen molar-refractivity contribution in [1.82, 2.24) is 14.8 Å². The van der Waals surface area contributed by atoms with Crippen LogP contribution in [0.5, 0.6) is 0 Å². The second-order valence-corrected chi connectivity index (χ2v) is 8.03. The van der Waals surface area contributed by atoms with Gasteiger partial charge in [-0.05, 0) is 48.9 Å². The smallest absolute Gasteiger partial charge is 0.255 e. The molecule has 0 saturated heterocycles. The lowest BCUT2D eigenvalue weighted by atomic mass is 9.95. The van der Waals surface area contributed by atoms with Crippen molar-refractivity contribution >= 4 is 29.1 Å². The third-order valence-electron chi connectivity index (χ3n) is 5.43. The summed E-state index contributed by atoms with van der Waals surface area (Å²) >= 11 is 6.37. The summed E-state index contributed by atoms with van der Waals surface area (Å²) in [6.07, 6.45) is 0. The maximum Gasteiger partial charge on any atom is 0.255 e. The number of carbonyl (C=O) groups is 1. The summed E-state index contributed by atoms with van der Waals surface area (Å²) in [5, 5.41) is 11.3. The van der Waals surface area contributed by atoms with Crippen molar-refractivity contribution in [3.05, 3.63) is 107 Å². The van der Waals surface area contributed by atoms with Crippen molar-refractivity contribution in [2.45, 2.75) is 13.0 Å². The summed E-state index contributed by atoms with van der Waals surface area (Å²) in [6, 6.07) is 21.9. The Hall–Kier alpha value is -3.97. The molecule has 1 atom stereocenters. The Kier molecular flexibility index (Phi) is 5.40. The van der Waals surface area contributed by atoms with Gasteiger partial charge in [-0.3, -0.25) is 4.79 Å². The van der Waals surface area contributed by atoms with E-state index in [1.807, 2.05) is 55.5 Å². The van der Waals surface area contributed by atoms with Crippen molar-refractivity contribution in [3.63, 3.8) is 0 Å². The van der Waals surface area contributed by atoms with Crippen molar-refractivity contribution in [3.8, 4) is 11.4 Å². The Bertz CT molecular complexity index is 1370. The van der Waals surface area contributed by atoms with E-state index < -0.39 is 6.04 Å². The molecule has 0 fully saturated rings. The number of aromatic nitrogens is 3. The number of benzene rings is 3. The normalized spacial score (nSPS) is 15.1. The molecule has 0 radical (unpaired) electrons. The van der Waals surface area contributed by atoms with E-state index in [2.05, 4.69) is 20.7 Å². The molecule has 1 aromatic heterocycles. The van der Waals surface area contributed by atoms with Crippen LogP contribution in [0.1, 0.15) is 18.5 Å². The minimum atomic E-state index is -0.616. The molecule has 0 saturated carbocycles. The Morgan fingerprint density at radius 1 is 1.03 bits per heavy atom. The molecule has 4 aromatic rings. The van der Waals surface area contributed by atoms with Gasteiger partial charge in [0.15, 0.2) is 5.82 Å². The van der Waals surface area contributed by atoms with E-state index in [0.29, 0.717) is 44.9 Å². The third-order valence-corrected chi connectivity index (χ3v) is 5.76. The van der Waals surface area contributed by atoms with Crippen LogP contribution in [0.3, 0.4) is 0 Å². The van der Waals surface area contributed by atoms with Crippen molar-refractivity contribution in [1.29, 1.82) is 0 Å². The molecule has 1 unspecified atom stereocenters. The first-order valence-corrected chi connectivity index (χ1v) is 10.7.